The quantitative estimate of drug-likeness (QED) is 0.794. The number of amides is 1. The number of carbonyl (C=O) groups excluding carboxylic acids is 1. The van der Waals surface area contributed by atoms with Crippen molar-refractivity contribution in [1.29, 1.82) is 0 Å². The summed E-state index contributed by atoms with van der Waals surface area (Å²) in [6.07, 6.45) is 1.66. The van der Waals surface area contributed by atoms with Gasteiger partial charge in [0, 0.05) is 12.1 Å². The molecule has 1 aromatic carbocycles. The molecule has 118 valence electrons. The lowest BCUT2D eigenvalue weighted by atomic mass is 10.0. The molecule has 1 aromatic heterocycles. The zero-order valence-electron chi connectivity index (χ0n) is 13.4. The summed E-state index contributed by atoms with van der Waals surface area (Å²) in [6.45, 7) is 6.87. The van der Waals surface area contributed by atoms with Crippen molar-refractivity contribution in [2.24, 2.45) is 0 Å². The molecule has 0 aliphatic heterocycles. The van der Waals surface area contributed by atoms with Crippen LogP contribution in [-0.2, 0) is 17.1 Å². The summed E-state index contributed by atoms with van der Waals surface area (Å²) < 4.78 is 5.29. The van der Waals surface area contributed by atoms with E-state index < -0.39 is 0 Å². The van der Waals surface area contributed by atoms with E-state index >= 15 is 0 Å². The molecule has 0 saturated carbocycles. The summed E-state index contributed by atoms with van der Waals surface area (Å²) in [4.78, 5) is 14.5. The molecule has 0 bridgehead atoms. The van der Waals surface area contributed by atoms with Crippen LogP contribution in [0.2, 0.25) is 0 Å². The van der Waals surface area contributed by atoms with Crippen LogP contribution in [0.5, 0.6) is 0 Å². The molecule has 0 unspecified atom stereocenters. The van der Waals surface area contributed by atoms with Crippen LogP contribution in [0.4, 0.5) is 0 Å². The van der Waals surface area contributed by atoms with Crippen molar-refractivity contribution in [3.8, 4) is 0 Å². The normalized spacial score (nSPS) is 11.4. The van der Waals surface area contributed by atoms with Crippen molar-refractivity contribution >= 4 is 17.7 Å². The van der Waals surface area contributed by atoms with E-state index in [2.05, 4.69) is 32.9 Å². The minimum absolute atomic E-state index is 0.160. The van der Waals surface area contributed by atoms with Gasteiger partial charge in [0.15, 0.2) is 0 Å². The molecule has 1 amide bonds. The third-order valence-corrected chi connectivity index (χ3v) is 4.28. The van der Waals surface area contributed by atoms with Crippen molar-refractivity contribution in [3.05, 3.63) is 60.1 Å². The Morgan fingerprint density at radius 2 is 1.86 bits per heavy atom. The first-order valence-corrected chi connectivity index (χ1v) is 8.57. The van der Waals surface area contributed by atoms with Crippen LogP contribution < -0.4 is 0 Å². The summed E-state index contributed by atoms with van der Waals surface area (Å²) in [5, 5.41) is 0. The first kappa shape index (κ1) is 16.7. The van der Waals surface area contributed by atoms with Crippen LogP contribution >= 0.6 is 11.8 Å². The van der Waals surface area contributed by atoms with Crippen molar-refractivity contribution in [3.63, 3.8) is 0 Å². The monoisotopic (exact) mass is 317 g/mol. The second-order valence-electron chi connectivity index (χ2n) is 6.21. The van der Waals surface area contributed by atoms with Gasteiger partial charge in [-0.2, -0.15) is 0 Å². The predicted molar refractivity (Wildman–Crippen MR) is 91.6 cm³/mol. The van der Waals surface area contributed by atoms with E-state index in [0.717, 1.165) is 17.1 Å². The lowest BCUT2D eigenvalue weighted by Crippen LogP contribution is -2.45. The molecule has 0 radical (unpaired) electrons. The minimum Gasteiger partial charge on any atom is -0.468 e. The highest BCUT2D eigenvalue weighted by Crippen LogP contribution is 2.20. The summed E-state index contributed by atoms with van der Waals surface area (Å²) in [5.41, 5.74) is 0.958. The summed E-state index contributed by atoms with van der Waals surface area (Å²) in [7, 11) is 0. The highest BCUT2D eigenvalue weighted by Gasteiger charge is 2.26. The molecular weight excluding hydrogens is 294 g/mol. The second-order valence-corrected chi connectivity index (χ2v) is 7.19. The summed E-state index contributed by atoms with van der Waals surface area (Å²) >= 11 is 1.59. The van der Waals surface area contributed by atoms with E-state index in [9.17, 15) is 4.79 Å². The maximum Gasteiger partial charge on any atom is 0.233 e. The number of carbonyl (C=O) groups is 1. The van der Waals surface area contributed by atoms with E-state index in [4.69, 9.17) is 4.42 Å². The van der Waals surface area contributed by atoms with Gasteiger partial charge in [0.2, 0.25) is 5.91 Å². The topological polar surface area (TPSA) is 33.5 Å². The fourth-order valence-corrected chi connectivity index (χ4v) is 2.97. The van der Waals surface area contributed by atoms with Crippen molar-refractivity contribution in [2.45, 2.75) is 38.6 Å². The maximum absolute atomic E-state index is 12.6. The molecular formula is C18H23NO2S. The molecule has 0 fully saturated rings. The Hall–Kier alpha value is -1.68. The van der Waals surface area contributed by atoms with Gasteiger partial charge in [-0.25, -0.2) is 0 Å². The molecule has 1 heterocycles. The first-order valence-electron chi connectivity index (χ1n) is 7.41. The highest BCUT2D eigenvalue weighted by molar-refractivity contribution is 7.99. The van der Waals surface area contributed by atoms with Crippen molar-refractivity contribution < 1.29 is 9.21 Å². The molecule has 4 heteroatoms. The van der Waals surface area contributed by atoms with Gasteiger partial charge < -0.3 is 9.32 Å². The second kappa shape index (κ2) is 7.54. The van der Waals surface area contributed by atoms with Gasteiger partial charge in [0.05, 0.1) is 17.8 Å². The zero-order chi connectivity index (χ0) is 16.0. The van der Waals surface area contributed by atoms with Crippen LogP contribution in [0.25, 0.3) is 0 Å². The number of benzene rings is 1. The third-order valence-electron chi connectivity index (χ3n) is 3.34. The minimum atomic E-state index is -0.196. The van der Waals surface area contributed by atoms with Gasteiger partial charge in [-0.1, -0.05) is 30.3 Å². The van der Waals surface area contributed by atoms with Crippen LogP contribution in [0.1, 0.15) is 32.1 Å². The van der Waals surface area contributed by atoms with E-state index in [0.29, 0.717) is 12.3 Å². The van der Waals surface area contributed by atoms with Gasteiger partial charge in [0.1, 0.15) is 5.76 Å². The SMILES string of the molecule is CC(C)(C)N(Cc1ccccc1)C(=O)CSCc1ccco1. The van der Waals surface area contributed by atoms with E-state index in [1.807, 2.05) is 35.2 Å². The smallest absolute Gasteiger partial charge is 0.233 e. The first-order chi connectivity index (χ1) is 10.5. The molecule has 2 aromatic rings. The number of hydrogen-bond acceptors (Lipinski definition) is 3. The Morgan fingerprint density at radius 1 is 1.14 bits per heavy atom. The molecule has 0 aliphatic rings. The van der Waals surface area contributed by atoms with Crippen LogP contribution in [0.3, 0.4) is 0 Å². The van der Waals surface area contributed by atoms with Gasteiger partial charge in [-0.3, -0.25) is 4.79 Å². The number of rotatable bonds is 6. The Balaban J connectivity index is 1.94. The largest absolute Gasteiger partial charge is 0.468 e. The van der Waals surface area contributed by atoms with Crippen LogP contribution in [0, 0.1) is 0 Å². The van der Waals surface area contributed by atoms with Gasteiger partial charge >= 0.3 is 0 Å². The molecule has 0 atom stereocenters. The Labute approximate surface area is 136 Å². The van der Waals surface area contributed by atoms with Crippen LogP contribution in [0.15, 0.2) is 53.1 Å². The molecule has 3 nitrogen and oxygen atoms in total. The maximum atomic E-state index is 12.6. The highest BCUT2D eigenvalue weighted by atomic mass is 32.2. The van der Waals surface area contributed by atoms with E-state index in [1.165, 1.54) is 0 Å². The van der Waals surface area contributed by atoms with Crippen molar-refractivity contribution in [2.75, 3.05) is 5.75 Å². The van der Waals surface area contributed by atoms with E-state index in [1.54, 1.807) is 18.0 Å². The number of furan rings is 1. The fourth-order valence-electron chi connectivity index (χ4n) is 2.18. The number of hydrogen-bond donors (Lipinski definition) is 0. The third kappa shape index (κ3) is 4.95. The number of thioether (sulfide) groups is 1. The Bertz CT molecular complexity index is 573. The van der Waals surface area contributed by atoms with Gasteiger partial charge in [-0.15, -0.1) is 11.8 Å². The Morgan fingerprint density at radius 3 is 2.45 bits per heavy atom. The van der Waals surface area contributed by atoms with Crippen LogP contribution in [-0.4, -0.2) is 22.1 Å². The Kier molecular flexibility index (Phi) is 5.72. The molecule has 0 N–H and O–H groups in total. The molecule has 22 heavy (non-hydrogen) atoms. The van der Waals surface area contributed by atoms with E-state index in [-0.39, 0.29) is 11.4 Å². The average molecular weight is 317 g/mol. The zero-order valence-corrected chi connectivity index (χ0v) is 14.2. The number of nitrogens with zero attached hydrogens (tertiary/aromatic N) is 1. The lowest BCUT2D eigenvalue weighted by Gasteiger charge is -2.36. The lowest BCUT2D eigenvalue weighted by molar-refractivity contribution is -0.133. The molecule has 0 saturated heterocycles. The van der Waals surface area contributed by atoms with Gasteiger partial charge in [0.25, 0.3) is 0 Å². The molecule has 0 aliphatic carbocycles. The summed E-state index contributed by atoms with van der Waals surface area (Å²) in [5.74, 6) is 2.25. The van der Waals surface area contributed by atoms with Gasteiger partial charge in [-0.05, 0) is 38.5 Å². The predicted octanol–water partition coefficient (Wildman–Crippen LogP) is 4.34. The van der Waals surface area contributed by atoms with Crippen molar-refractivity contribution in [1.82, 2.24) is 4.90 Å². The molecule has 0 spiro atoms. The fraction of sp³-hybridized carbons (Fsp3) is 0.389. The average Bonchev–Trinajstić information content (AvgIpc) is 2.98. The molecule has 2 rings (SSSR count). The standard InChI is InChI=1S/C18H23NO2S/c1-18(2,3)19(12-15-8-5-4-6-9-15)17(20)14-22-13-16-10-7-11-21-16/h4-11H,12-14H2,1-3H3. The summed E-state index contributed by atoms with van der Waals surface area (Å²) in [6, 6.07) is 13.9.